The molecule has 3 rings (SSSR count). The van der Waals surface area contributed by atoms with E-state index in [1.807, 2.05) is 0 Å². The van der Waals surface area contributed by atoms with Crippen molar-refractivity contribution in [3.8, 4) is 11.4 Å². The van der Waals surface area contributed by atoms with E-state index < -0.39 is 11.2 Å². The van der Waals surface area contributed by atoms with E-state index in [2.05, 4.69) is 15.0 Å². The number of nitrogens with one attached hydrogen (secondary N) is 1. The van der Waals surface area contributed by atoms with Gasteiger partial charge in [0.25, 0.3) is 5.56 Å². The minimum atomic E-state index is -0.640. The molecular weight excluding hydrogens is 216 g/mol. The Balaban J connectivity index is 2.66. The molecular formula is C8H4N4O2S. The van der Waals surface area contributed by atoms with Crippen LogP contribution in [-0.4, -0.2) is 19.4 Å². The minimum Gasteiger partial charge on any atom is -0.275 e. The SMILES string of the molecule is O=c1nc2n3ccnc3scc-2c(=O)[nH]1. The first-order chi connectivity index (χ1) is 7.25. The zero-order chi connectivity index (χ0) is 10.4. The Morgan fingerprint density at radius 3 is 3.13 bits per heavy atom. The number of aromatic amines is 1. The number of aromatic nitrogens is 4. The van der Waals surface area contributed by atoms with Crippen LogP contribution in [0.4, 0.5) is 0 Å². The fourth-order valence-electron chi connectivity index (χ4n) is 1.39. The molecule has 74 valence electrons. The molecule has 1 aromatic rings. The van der Waals surface area contributed by atoms with Gasteiger partial charge in [0, 0.05) is 17.8 Å². The summed E-state index contributed by atoms with van der Waals surface area (Å²) in [7, 11) is 0. The van der Waals surface area contributed by atoms with Crippen molar-refractivity contribution in [3.05, 3.63) is 38.6 Å². The second-order valence-electron chi connectivity index (χ2n) is 2.92. The molecule has 0 bridgehead atoms. The summed E-state index contributed by atoms with van der Waals surface area (Å²) >= 11 is 1.32. The monoisotopic (exact) mass is 220 g/mol. The van der Waals surface area contributed by atoms with Crippen molar-refractivity contribution in [2.45, 2.75) is 0 Å². The quantitative estimate of drug-likeness (QED) is 0.575. The summed E-state index contributed by atoms with van der Waals surface area (Å²) in [5.74, 6) is 0.343. The van der Waals surface area contributed by atoms with Crippen LogP contribution < -0.4 is 11.2 Å². The van der Waals surface area contributed by atoms with Gasteiger partial charge in [-0.2, -0.15) is 4.98 Å². The molecule has 0 spiro atoms. The van der Waals surface area contributed by atoms with Gasteiger partial charge in [0.2, 0.25) is 0 Å². The van der Waals surface area contributed by atoms with Crippen molar-refractivity contribution in [2.75, 3.05) is 0 Å². The van der Waals surface area contributed by atoms with Crippen molar-refractivity contribution in [1.29, 1.82) is 0 Å². The van der Waals surface area contributed by atoms with Crippen molar-refractivity contribution >= 4 is 16.3 Å². The largest absolute Gasteiger partial charge is 0.349 e. The second-order valence-corrected chi connectivity index (χ2v) is 3.76. The van der Waals surface area contributed by atoms with Crippen LogP contribution in [-0.2, 0) is 0 Å². The molecule has 6 nitrogen and oxygen atoms in total. The molecule has 0 aromatic carbocycles. The lowest BCUT2D eigenvalue weighted by molar-refractivity contribution is 0.987. The number of hydrogen-bond acceptors (Lipinski definition) is 5. The summed E-state index contributed by atoms with van der Waals surface area (Å²) < 4.78 is 1.62. The van der Waals surface area contributed by atoms with Crippen LogP contribution in [0.25, 0.3) is 16.3 Å². The third-order valence-electron chi connectivity index (χ3n) is 2.03. The van der Waals surface area contributed by atoms with E-state index in [4.69, 9.17) is 0 Å². The topological polar surface area (TPSA) is 80.1 Å². The Morgan fingerprint density at radius 1 is 1.40 bits per heavy atom. The Kier molecular flexibility index (Phi) is 1.51. The molecule has 0 atom stereocenters. The maximum Gasteiger partial charge on any atom is 0.349 e. The summed E-state index contributed by atoms with van der Waals surface area (Å²) in [6, 6.07) is 0. The highest BCUT2D eigenvalue weighted by molar-refractivity contribution is 7.15. The van der Waals surface area contributed by atoms with E-state index in [9.17, 15) is 9.59 Å². The van der Waals surface area contributed by atoms with E-state index >= 15 is 0 Å². The van der Waals surface area contributed by atoms with Crippen LogP contribution in [0.3, 0.4) is 0 Å². The van der Waals surface area contributed by atoms with Crippen molar-refractivity contribution in [2.24, 2.45) is 0 Å². The van der Waals surface area contributed by atoms with Crippen LogP contribution in [0.2, 0.25) is 0 Å². The van der Waals surface area contributed by atoms with E-state index in [1.165, 1.54) is 11.3 Å². The van der Waals surface area contributed by atoms with Crippen molar-refractivity contribution in [1.82, 2.24) is 19.4 Å². The third kappa shape index (κ3) is 1.10. The summed E-state index contributed by atoms with van der Waals surface area (Å²) in [4.78, 5) is 33.1. The summed E-state index contributed by atoms with van der Waals surface area (Å²) in [6.45, 7) is 0. The Bertz CT molecular complexity index is 725. The van der Waals surface area contributed by atoms with Crippen molar-refractivity contribution < 1.29 is 0 Å². The standard InChI is InChI=1S/C8H4N4O2S/c13-6-4-3-15-8-9-1-2-12(8)5(4)10-7(14)11-6/h1-3H,(H,11,13,14). The number of nitrogens with zero attached hydrogens (tertiary/aromatic N) is 3. The molecule has 0 amide bonds. The molecule has 0 saturated carbocycles. The molecule has 15 heavy (non-hydrogen) atoms. The van der Waals surface area contributed by atoms with Gasteiger partial charge in [-0.15, -0.1) is 11.3 Å². The molecule has 0 fully saturated rings. The van der Waals surface area contributed by atoms with Gasteiger partial charge in [0.1, 0.15) is 0 Å². The highest BCUT2D eigenvalue weighted by atomic mass is 32.1. The molecule has 7 heteroatoms. The lowest BCUT2D eigenvalue weighted by Crippen LogP contribution is -2.25. The predicted octanol–water partition coefficient (Wildman–Crippen LogP) is -0.0559. The van der Waals surface area contributed by atoms with Crippen LogP contribution in [0, 0.1) is 0 Å². The van der Waals surface area contributed by atoms with Crippen LogP contribution >= 0.6 is 11.3 Å². The van der Waals surface area contributed by atoms with Gasteiger partial charge < -0.3 is 0 Å². The Labute approximate surface area is 86.2 Å². The molecule has 0 radical (unpaired) electrons. The van der Waals surface area contributed by atoms with Crippen LogP contribution in [0.5, 0.6) is 0 Å². The number of fused-ring (bicyclic) bond motifs is 3. The first kappa shape index (κ1) is 8.30. The maximum atomic E-state index is 11.4. The maximum absolute atomic E-state index is 11.4. The van der Waals surface area contributed by atoms with Gasteiger partial charge in [-0.3, -0.25) is 14.2 Å². The molecule has 0 saturated heterocycles. The Morgan fingerprint density at radius 2 is 2.27 bits per heavy atom. The number of H-pyrrole nitrogens is 1. The van der Waals surface area contributed by atoms with E-state index in [0.29, 0.717) is 16.3 Å². The average Bonchev–Trinajstić information content (AvgIpc) is 2.65. The lowest BCUT2D eigenvalue weighted by Gasteiger charge is -2.02. The van der Waals surface area contributed by atoms with E-state index in [0.717, 1.165) is 0 Å². The minimum absolute atomic E-state index is 0.343. The van der Waals surface area contributed by atoms with Crippen LogP contribution in [0.1, 0.15) is 0 Å². The molecule has 2 aliphatic heterocycles. The fourth-order valence-corrected chi connectivity index (χ4v) is 2.21. The van der Waals surface area contributed by atoms with E-state index in [-0.39, 0.29) is 0 Å². The van der Waals surface area contributed by atoms with Gasteiger partial charge in [-0.25, -0.2) is 9.78 Å². The van der Waals surface area contributed by atoms with Crippen molar-refractivity contribution in [3.63, 3.8) is 0 Å². The third-order valence-corrected chi connectivity index (χ3v) is 2.90. The highest BCUT2D eigenvalue weighted by Gasteiger charge is 2.13. The number of imidazole rings is 1. The summed E-state index contributed by atoms with van der Waals surface area (Å²) in [5, 5.41) is 1.64. The number of rotatable bonds is 0. The zero-order valence-electron chi connectivity index (χ0n) is 7.30. The molecule has 2 aliphatic rings. The van der Waals surface area contributed by atoms with Gasteiger partial charge in [-0.1, -0.05) is 0 Å². The van der Waals surface area contributed by atoms with E-state index in [1.54, 1.807) is 22.2 Å². The first-order valence-corrected chi connectivity index (χ1v) is 4.98. The Hall–Kier alpha value is -2.02. The van der Waals surface area contributed by atoms with Gasteiger partial charge >= 0.3 is 5.69 Å². The first-order valence-electron chi connectivity index (χ1n) is 4.10. The second kappa shape index (κ2) is 2.74. The van der Waals surface area contributed by atoms with Gasteiger partial charge in [0.05, 0.1) is 5.56 Å². The summed E-state index contributed by atoms with van der Waals surface area (Å²) in [6.07, 6.45) is 3.26. The lowest BCUT2D eigenvalue weighted by atomic mass is 10.3. The fraction of sp³-hybridized carbons (Fsp3) is 0. The molecule has 0 aliphatic carbocycles. The van der Waals surface area contributed by atoms with Gasteiger partial charge in [0.15, 0.2) is 10.8 Å². The molecule has 3 heterocycles. The predicted molar refractivity (Wildman–Crippen MR) is 54.4 cm³/mol. The number of hydrogen-bond donors (Lipinski definition) is 1. The van der Waals surface area contributed by atoms with Gasteiger partial charge in [-0.05, 0) is 0 Å². The summed E-state index contributed by atoms with van der Waals surface area (Å²) in [5.41, 5.74) is -0.666. The van der Waals surface area contributed by atoms with Crippen LogP contribution in [0.15, 0.2) is 27.4 Å². The zero-order valence-corrected chi connectivity index (χ0v) is 8.11. The highest BCUT2D eigenvalue weighted by Crippen LogP contribution is 2.19. The molecule has 1 N–H and O–H groups in total. The molecule has 0 unspecified atom stereocenters. The normalized spacial score (nSPS) is 11.2. The average molecular weight is 220 g/mol. The molecule has 1 aromatic heterocycles. The smallest absolute Gasteiger partial charge is 0.275 e.